The number of pyridine rings is 1. The number of halogens is 1. The Hall–Kier alpha value is -2.63. The van der Waals surface area contributed by atoms with E-state index in [1.807, 2.05) is 24.3 Å². The number of anilines is 1. The highest BCUT2D eigenvalue weighted by atomic mass is 19.1. The van der Waals surface area contributed by atoms with Crippen molar-refractivity contribution < 1.29 is 13.9 Å². The number of piperazine rings is 1. The number of nitrogens with zero attached hydrogens (tertiary/aromatic N) is 3. The van der Waals surface area contributed by atoms with Crippen LogP contribution in [0.15, 0.2) is 42.6 Å². The maximum atomic E-state index is 13.6. The van der Waals surface area contributed by atoms with Gasteiger partial charge in [0.2, 0.25) is 5.95 Å². The lowest BCUT2D eigenvalue weighted by molar-refractivity contribution is 0.0741. The monoisotopic (exact) mass is 315 g/mol. The summed E-state index contributed by atoms with van der Waals surface area (Å²) in [5.41, 5.74) is 1.09. The topological polar surface area (TPSA) is 45.7 Å². The highest BCUT2D eigenvalue weighted by Gasteiger charge is 2.24. The zero-order valence-corrected chi connectivity index (χ0v) is 12.9. The van der Waals surface area contributed by atoms with Gasteiger partial charge in [-0.05, 0) is 24.3 Å². The molecule has 0 atom stereocenters. The van der Waals surface area contributed by atoms with Gasteiger partial charge >= 0.3 is 0 Å². The van der Waals surface area contributed by atoms with E-state index in [1.54, 1.807) is 18.1 Å². The lowest BCUT2D eigenvalue weighted by atomic mass is 10.2. The van der Waals surface area contributed by atoms with Crippen LogP contribution in [0.2, 0.25) is 0 Å². The summed E-state index contributed by atoms with van der Waals surface area (Å²) < 4.78 is 18.9. The molecule has 0 saturated carbocycles. The SMILES string of the molecule is COc1cccc(N2CCN(C(=O)c3cccnc3F)CC2)c1. The second-order valence-corrected chi connectivity index (χ2v) is 5.32. The number of aromatic nitrogens is 1. The molecular formula is C17H18FN3O2. The van der Waals surface area contributed by atoms with E-state index in [0.29, 0.717) is 26.2 Å². The molecule has 2 aromatic rings. The molecule has 2 heterocycles. The zero-order valence-electron chi connectivity index (χ0n) is 12.9. The van der Waals surface area contributed by atoms with Crippen LogP contribution in [0.1, 0.15) is 10.4 Å². The Balaban J connectivity index is 1.66. The molecule has 23 heavy (non-hydrogen) atoms. The van der Waals surface area contributed by atoms with Gasteiger partial charge in [0.05, 0.1) is 12.7 Å². The van der Waals surface area contributed by atoms with Crippen LogP contribution in [-0.2, 0) is 0 Å². The van der Waals surface area contributed by atoms with E-state index in [9.17, 15) is 9.18 Å². The average Bonchev–Trinajstić information content (AvgIpc) is 2.62. The predicted octanol–water partition coefficient (Wildman–Crippen LogP) is 2.19. The number of rotatable bonds is 3. The summed E-state index contributed by atoms with van der Waals surface area (Å²) in [6.45, 7) is 2.48. The highest BCUT2D eigenvalue weighted by molar-refractivity contribution is 5.94. The van der Waals surface area contributed by atoms with Crippen molar-refractivity contribution in [3.8, 4) is 5.75 Å². The van der Waals surface area contributed by atoms with Crippen LogP contribution in [0.4, 0.5) is 10.1 Å². The van der Waals surface area contributed by atoms with Crippen LogP contribution >= 0.6 is 0 Å². The number of amides is 1. The van der Waals surface area contributed by atoms with Gasteiger partial charge < -0.3 is 14.5 Å². The van der Waals surface area contributed by atoms with E-state index >= 15 is 0 Å². The van der Waals surface area contributed by atoms with E-state index in [0.717, 1.165) is 11.4 Å². The van der Waals surface area contributed by atoms with Crippen LogP contribution in [0.5, 0.6) is 5.75 Å². The molecule has 1 aliphatic rings. The molecule has 3 rings (SSSR count). The van der Waals surface area contributed by atoms with Crippen molar-refractivity contribution >= 4 is 11.6 Å². The summed E-state index contributed by atoms with van der Waals surface area (Å²) in [7, 11) is 1.64. The first kappa shape index (κ1) is 15.3. The van der Waals surface area contributed by atoms with Crippen molar-refractivity contribution in [3.05, 3.63) is 54.1 Å². The molecule has 1 amide bonds. The fraction of sp³-hybridized carbons (Fsp3) is 0.294. The first-order valence-corrected chi connectivity index (χ1v) is 7.48. The van der Waals surface area contributed by atoms with Gasteiger partial charge in [0, 0.05) is 44.1 Å². The van der Waals surface area contributed by atoms with Gasteiger partial charge in [-0.25, -0.2) is 4.98 Å². The summed E-state index contributed by atoms with van der Waals surface area (Å²) in [4.78, 5) is 19.8. The quantitative estimate of drug-likeness (QED) is 0.815. The Labute approximate surface area is 134 Å². The van der Waals surface area contributed by atoms with Crippen LogP contribution in [-0.4, -0.2) is 49.1 Å². The Bertz CT molecular complexity index is 700. The second-order valence-electron chi connectivity index (χ2n) is 5.32. The van der Waals surface area contributed by atoms with Gasteiger partial charge in [-0.1, -0.05) is 6.07 Å². The van der Waals surface area contributed by atoms with Crippen molar-refractivity contribution in [3.63, 3.8) is 0 Å². The normalized spacial score (nSPS) is 14.7. The number of carbonyl (C=O) groups is 1. The molecule has 0 radical (unpaired) electrons. The van der Waals surface area contributed by atoms with Gasteiger partial charge in [-0.3, -0.25) is 4.79 Å². The Morgan fingerprint density at radius 2 is 1.96 bits per heavy atom. The molecule has 1 aliphatic heterocycles. The predicted molar refractivity (Wildman–Crippen MR) is 85.3 cm³/mol. The van der Waals surface area contributed by atoms with E-state index in [2.05, 4.69) is 9.88 Å². The zero-order chi connectivity index (χ0) is 16.2. The second kappa shape index (κ2) is 6.64. The minimum atomic E-state index is -0.715. The minimum absolute atomic E-state index is 0.0299. The number of benzene rings is 1. The standard InChI is InChI=1S/C17H18FN3O2/c1-23-14-5-2-4-13(12-14)20-8-10-21(11-9-20)17(22)15-6-3-7-19-16(15)18/h2-7,12H,8-11H2,1H3. The smallest absolute Gasteiger partial charge is 0.258 e. The largest absolute Gasteiger partial charge is 0.497 e. The minimum Gasteiger partial charge on any atom is -0.497 e. The number of methoxy groups -OCH3 is 1. The van der Waals surface area contributed by atoms with Gasteiger partial charge in [0.15, 0.2) is 0 Å². The van der Waals surface area contributed by atoms with Crippen molar-refractivity contribution in [2.24, 2.45) is 0 Å². The van der Waals surface area contributed by atoms with Gasteiger partial charge in [-0.15, -0.1) is 0 Å². The number of ether oxygens (including phenoxy) is 1. The molecule has 1 saturated heterocycles. The van der Waals surface area contributed by atoms with Gasteiger partial charge in [-0.2, -0.15) is 4.39 Å². The summed E-state index contributed by atoms with van der Waals surface area (Å²) in [5, 5.41) is 0. The Morgan fingerprint density at radius 1 is 1.17 bits per heavy atom. The molecule has 0 N–H and O–H groups in total. The van der Waals surface area contributed by atoms with Crippen LogP contribution < -0.4 is 9.64 Å². The lowest BCUT2D eigenvalue weighted by Crippen LogP contribution is -2.49. The van der Waals surface area contributed by atoms with Gasteiger partial charge in [0.1, 0.15) is 5.75 Å². The number of hydrogen-bond acceptors (Lipinski definition) is 4. The Morgan fingerprint density at radius 3 is 2.65 bits per heavy atom. The molecule has 5 nitrogen and oxygen atoms in total. The summed E-state index contributed by atoms with van der Waals surface area (Å²) in [6, 6.07) is 10.9. The third-order valence-corrected chi connectivity index (χ3v) is 3.97. The first-order valence-electron chi connectivity index (χ1n) is 7.48. The van der Waals surface area contributed by atoms with Crippen molar-refractivity contribution in [1.29, 1.82) is 0 Å². The summed E-state index contributed by atoms with van der Waals surface area (Å²) in [6.07, 6.45) is 1.34. The van der Waals surface area contributed by atoms with E-state index in [-0.39, 0.29) is 11.5 Å². The van der Waals surface area contributed by atoms with E-state index in [4.69, 9.17) is 4.74 Å². The summed E-state index contributed by atoms with van der Waals surface area (Å²) >= 11 is 0. The third kappa shape index (κ3) is 3.26. The molecule has 0 spiro atoms. The van der Waals surface area contributed by atoms with Crippen LogP contribution in [0, 0.1) is 5.95 Å². The molecule has 0 unspecified atom stereocenters. The fourth-order valence-corrected chi connectivity index (χ4v) is 2.69. The fourth-order valence-electron chi connectivity index (χ4n) is 2.69. The molecule has 6 heteroatoms. The van der Waals surface area contributed by atoms with E-state index in [1.165, 1.54) is 12.3 Å². The average molecular weight is 315 g/mol. The first-order chi connectivity index (χ1) is 11.2. The number of hydrogen-bond donors (Lipinski definition) is 0. The van der Waals surface area contributed by atoms with Crippen molar-refractivity contribution in [2.45, 2.75) is 0 Å². The molecule has 1 aromatic carbocycles. The van der Waals surface area contributed by atoms with Crippen LogP contribution in [0.25, 0.3) is 0 Å². The van der Waals surface area contributed by atoms with Gasteiger partial charge in [0.25, 0.3) is 5.91 Å². The maximum absolute atomic E-state index is 13.6. The lowest BCUT2D eigenvalue weighted by Gasteiger charge is -2.36. The molecule has 120 valence electrons. The van der Waals surface area contributed by atoms with Crippen molar-refractivity contribution in [1.82, 2.24) is 9.88 Å². The Kier molecular flexibility index (Phi) is 4.41. The number of carbonyl (C=O) groups excluding carboxylic acids is 1. The van der Waals surface area contributed by atoms with Crippen LogP contribution in [0.3, 0.4) is 0 Å². The summed E-state index contributed by atoms with van der Waals surface area (Å²) in [5.74, 6) is -0.216. The molecule has 1 aromatic heterocycles. The molecule has 0 aliphatic carbocycles. The molecule has 0 bridgehead atoms. The highest BCUT2D eigenvalue weighted by Crippen LogP contribution is 2.22. The third-order valence-electron chi connectivity index (χ3n) is 3.97. The maximum Gasteiger partial charge on any atom is 0.258 e. The molecular weight excluding hydrogens is 297 g/mol. The van der Waals surface area contributed by atoms with Crippen molar-refractivity contribution in [2.75, 3.05) is 38.2 Å². The molecule has 1 fully saturated rings. The van der Waals surface area contributed by atoms with E-state index < -0.39 is 5.95 Å².